The molecular formula is C22H29N3O7S2. The van der Waals surface area contributed by atoms with Gasteiger partial charge in [0.1, 0.15) is 6.10 Å². The van der Waals surface area contributed by atoms with E-state index in [1.54, 1.807) is 13.3 Å². The molecule has 186 valence electrons. The Morgan fingerprint density at radius 1 is 1.24 bits per heavy atom. The molecule has 1 heterocycles. The van der Waals surface area contributed by atoms with E-state index in [2.05, 4.69) is 15.5 Å². The number of carbonyl (C=O) groups excluding carboxylic acids is 1. The highest BCUT2D eigenvalue weighted by Gasteiger charge is 2.26. The number of rotatable bonds is 12. The smallest absolute Gasteiger partial charge is 0.280 e. The summed E-state index contributed by atoms with van der Waals surface area (Å²) in [7, 11) is -0.387. The molecule has 0 bridgehead atoms. The van der Waals surface area contributed by atoms with E-state index in [1.165, 1.54) is 42.7 Å². The Bertz CT molecular complexity index is 1080. The molecular weight excluding hydrogens is 482 g/mol. The van der Waals surface area contributed by atoms with Crippen molar-refractivity contribution in [2.75, 3.05) is 31.9 Å². The minimum Gasteiger partial charge on any atom is -0.393 e. The Balaban J connectivity index is 1.80. The van der Waals surface area contributed by atoms with E-state index in [0.717, 1.165) is 4.88 Å². The number of benzene rings is 1. The maximum Gasteiger partial charge on any atom is 0.280 e. The van der Waals surface area contributed by atoms with Gasteiger partial charge in [-0.1, -0.05) is 28.6 Å². The molecule has 34 heavy (non-hydrogen) atoms. The van der Waals surface area contributed by atoms with Gasteiger partial charge in [0.2, 0.25) is 0 Å². The van der Waals surface area contributed by atoms with E-state index in [0.29, 0.717) is 49.6 Å². The Morgan fingerprint density at radius 2 is 2.00 bits per heavy atom. The first-order chi connectivity index (χ1) is 16.3. The molecule has 0 aliphatic heterocycles. The molecule has 1 aromatic heterocycles. The fraction of sp³-hybridized carbons (Fsp3) is 0.500. The van der Waals surface area contributed by atoms with Crippen molar-refractivity contribution >= 4 is 37.9 Å². The second-order valence-electron chi connectivity index (χ2n) is 7.84. The number of methoxy groups -OCH3 is 2. The van der Waals surface area contributed by atoms with Crippen LogP contribution < -0.4 is 5.32 Å². The third kappa shape index (κ3) is 7.31. The van der Waals surface area contributed by atoms with Gasteiger partial charge in [-0.3, -0.25) is 10.1 Å². The molecule has 1 aliphatic rings. The van der Waals surface area contributed by atoms with Gasteiger partial charge in [0, 0.05) is 39.0 Å². The van der Waals surface area contributed by atoms with Crippen LogP contribution in [0.2, 0.25) is 0 Å². The van der Waals surface area contributed by atoms with Gasteiger partial charge in [-0.15, -0.1) is 0 Å². The van der Waals surface area contributed by atoms with Crippen LogP contribution in [0.1, 0.15) is 36.1 Å². The molecule has 1 aliphatic carbocycles. The lowest BCUT2D eigenvalue weighted by molar-refractivity contribution is -0.110. The number of sulfone groups is 1. The minimum absolute atomic E-state index is 0.0202. The highest BCUT2D eigenvalue weighted by molar-refractivity contribution is 7.91. The van der Waals surface area contributed by atoms with Gasteiger partial charge in [-0.25, -0.2) is 13.4 Å². The highest BCUT2D eigenvalue weighted by atomic mass is 32.2. The van der Waals surface area contributed by atoms with Crippen LogP contribution in [0.4, 0.5) is 5.13 Å². The second kappa shape index (κ2) is 12.4. The second-order valence-corrected chi connectivity index (χ2v) is 11.1. The summed E-state index contributed by atoms with van der Waals surface area (Å²) >= 11 is 1.27. The van der Waals surface area contributed by atoms with Crippen LogP contribution in [0.5, 0.6) is 0 Å². The molecule has 1 fully saturated rings. The molecule has 0 saturated heterocycles. The molecule has 0 radical (unpaired) electrons. The average molecular weight is 512 g/mol. The number of aromatic nitrogens is 1. The molecule has 2 N–H and O–H groups in total. The van der Waals surface area contributed by atoms with Gasteiger partial charge in [-0.2, -0.15) is 0 Å². The number of aliphatic hydroxyl groups is 1. The van der Waals surface area contributed by atoms with E-state index >= 15 is 0 Å². The first-order valence-electron chi connectivity index (χ1n) is 10.8. The zero-order valence-corrected chi connectivity index (χ0v) is 20.7. The van der Waals surface area contributed by atoms with Crippen LogP contribution in [0.15, 0.2) is 40.5 Å². The quantitative estimate of drug-likeness (QED) is 0.252. The van der Waals surface area contributed by atoms with Crippen molar-refractivity contribution in [1.82, 2.24) is 4.98 Å². The van der Waals surface area contributed by atoms with Gasteiger partial charge in [-0.05, 0) is 31.4 Å². The number of amides is 1. The molecule has 3 rings (SSSR count). The van der Waals surface area contributed by atoms with Crippen LogP contribution in [0.3, 0.4) is 0 Å². The molecule has 1 saturated carbocycles. The molecule has 2 aromatic rings. The topological polar surface area (TPSA) is 136 Å². The summed E-state index contributed by atoms with van der Waals surface area (Å²) in [5.41, 5.74) is 0.369. The molecule has 12 heteroatoms. The van der Waals surface area contributed by atoms with Crippen molar-refractivity contribution < 1.29 is 32.6 Å². The first kappa shape index (κ1) is 26.2. The van der Waals surface area contributed by atoms with Crippen molar-refractivity contribution in [3.63, 3.8) is 0 Å². The van der Waals surface area contributed by atoms with Crippen LogP contribution in [-0.2, 0) is 35.5 Å². The standard InChI is InChI=1S/C22H29N3O7S2/c1-30-10-3-11-34(28,29)19-8-4-15(5-9-19)20(25-32-17-7-6-16(26)12-17)21(27)24-22-23-13-18(33-22)14-31-2/h4-5,8-9,13,16-17,26H,3,6-7,10-12,14H2,1-2H3,(H,23,24,27)/b25-20+/t16-,17-/m1/s1. The minimum atomic E-state index is -3.48. The Kier molecular flexibility index (Phi) is 9.54. The summed E-state index contributed by atoms with van der Waals surface area (Å²) in [5, 5.41) is 16.9. The summed E-state index contributed by atoms with van der Waals surface area (Å²) < 4.78 is 35.0. The van der Waals surface area contributed by atoms with Crippen molar-refractivity contribution in [2.45, 2.75) is 49.4 Å². The molecule has 0 unspecified atom stereocenters. The molecule has 1 aromatic carbocycles. The molecule has 1 amide bonds. The molecule has 0 spiro atoms. The van der Waals surface area contributed by atoms with E-state index < -0.39 is 21.8 Å². The fourth-order valence-corrected chi connectivity index (χ4v) is 5.49. The maximum atomic E-state index is 13.0. The SMILES string of the molecule is COCCCS(=O)(=O)c1ccc(/C(=N\O[C@@H]2CC[C@@H](O)C2)C(=O)Nc2ncc(COC)s2)cc1. The Morgan fingerprint density at radius 3 is 2.65 bits per heavy atom. The fourth-order valence-electron chi connectivity index (χ4n) is 3.43. The van der Waals surface area contributed by atoms with Crippen LogP contribution in [0, 0.1) is 0 Å². The Labute approximate surface area is 202 Å². The molecule has 10 nitrogen and oxygen atoms in total. The van der Waals surface area contributed by atoms with Gasteiger partial charge >= 0.3 is 0 Å². The summed E-state index contributed by atoms with van der Waals surface area (Å²) in [5.74, 6) is -0.588. The number of oxime groups is 1. The number of carbonyl (C=O) groups is 1. The van der Waals surface area contributed by atoms with Crippen molar-refractivity contribution in [2.24, 2.45) is 5.16 Å². The van der Waals surface area contributed by atoms with E-state index in [4.69, 9.17) is 14.3 Å². The number of hydrogen-bond acceptors (Lipinski definition) is 10. The van der Waals surface area contributed by atoms with Crippen molar-refractivity contribution in [3.8, 4) is 0 Å². The zero-order chi connectivity index (χ0) is 24.6. The number of nitrogens with zero attached hydrogens (tertiary/aromatic N) is 2. The maximum absolute atomic E-state index is 13.0. The summed E-state index contributed by atoms with van der Waals surface area (Å²) in [6.07, 6.45) is 2.92. The monoisotopic (exact) mass is 511 g/mol. The summed E-state index contributed by atoms with van der Waals surface area (Å²) in [4.78, 5) is 23.8. The number of nitrogens with one attached hydrogen (secondary N) is 1. The van der Waals surface area contributed by atoms with Gasteiger partial charge in [0.25, 0.3) is 5.91 Å². The van der Waals surface area contributed by atoms with E-state index in [-0.39, 0.29) is 22.5 Å². The number of anilines is 1. The normalized spacial score (nSPS) is 18.7. The van der Waals surface area contributed by atoms with Crippen molar-refractivity contribution in [3.05, 3.63) is 40.9 Å². The number of thiazole rings is 1. The number of aliphatic hydroxyl groups excluding tert-OH is 1. The van der Waals surface area contributed by atoms with Crippen LogP contribution >= 0.6 is 11.3 Å². The van der Waals surface area contributed by atoms with Gasteiger partial charge < -0.3 is 19.4 Å². The largest absolute Gasteiger partial charge is 0.393 e. The first-order valence-corrected chi connectivity index (χ1v) is 13.3. The predicted octanol–water partition coefficient (Wildman–Crippen LogP) is 2.37. The summed E-state index contributed by atoms with van der Waals surface area (Å²) in [6.45, 7) is 0.728. The lowest BCUT2D eigenvalue weighted by Crippen LogP contribution is -2.25. The lowest BCUT2D eigenvalue weighted by Gasteiger charge is -2.11. The third-order valence-electron chi connectivity index (χ3n) is 5.17. The highest BCUT2D eigenvalue weighted by Crippen LogP contribution is 2.23. The molecule has 2 atom stereocenters. The number of ether oxygens (including phenoxy) is 2. The van der Waals surface area contributed by atoms with E-state index in [9.17, 15) is 18.3 Å². The predicted molar refractivity (Wildman–Crippen MR) is 128 cm³/mol. The third-order valence-corrected chi connectivity index (χ3v) is 7.88. The Hall–Kier alpha value is -2.38. The van der Waals surface area contributed by atoms with Gasteiger partial charge in [0.15, 0.2) is 20.7 Å². The summed E-state index contributed by atoms with van der Waals surface area (Å²) in [6, 6.07) is 5.93. The average Bonchev–Trinajstić information content (AvgIpc) is 3.43. The van der Waals surface area contributed by atoms with E-state index in [1.807, 2.05) is 0 Å². The van der Waals surface area contributed by atoms with Crippen molar-refractivity contribution in [1.29, 1.82) is 0 Å². The van der Waals surface area contributed by atoms with Crippen LogP contribution in [0.25, 0.3) is 0 Å². The van der Waals surface area contributed by atoms with Crippen LogP contribution in [-0.4, -0.2) is 68.9 Å². The van der Waals surface area contributed by atoms with Gasteiger partial charge in [0.05, 0.1) is 28.2 Å². The number of hydrogen-bond donors (Lipinski definition) is 2. The lowest BCUT2D eigenvalue weighted by atomic mass is 10.1. The zero-order valence-electron chi connectivity index (χ0n) is 19.1.